The molecular formula is C17H20N2O. The lowest BCUT2D eigenvalue weighted by Crippen LogP contribution is -2.33. The van der Waals surface area contributed by atoms with Crippen LogP contribution in [0.4, 0.5) is 0 Å². The molecule has 20 heavy (non-hydrogen) atoms. The number of rotatable bonds is 4. The molecule has 0 spiro atoms. The van der Waals surface area contributed by atoms with E-state index in [1.54, 1.807) is 0 Å². The van der Waals surface area contributed by atoms with Crippen molar-refractivity contribution in [1.82, 2.24) is 5.43 Å². The molecule has 0 aliphatic carbocycles. The van der Waals surface area contributed by atoms with Crippen molar-refractivity contribution in [3.05, 3.63) is 65.2 Å². The van der Waals surface area contributed by atoms with Gasteiger partial charge < -0.3 is 4.74 Å². The lowest BCUT2D eigenvalue weighted by atomic mass is 9.88. The number of aryl methyl sites for hydroxylation is 1. The zero-order valence-corrected chi connectivity index (χ0v) is 11.7. The second-order valence-electron chi connectivity index (χ2n) is 5.20. The number of nitrogens with two attached hydrogens (primary N) is 1. The Kier molecular flexibility index (Phi) is 3.72. The third kappa shape index (κ3) is 2.30. The van der Waals surface area contributed by atoms with E-state index in [0.717, 1.165) is 12.2 Å². The minimum absolute atomic E-state index is 0.0742. The van der Waals surface area contributed by atoms with Crippen LogP contribution in [0.2, 0.25) is 0 Å². The average Bonchev–Trinajstić information content (AvgIpc) is 2.93. The van der Waals surface area contributed by atoms with Gasteiger partial charge in [-0.25, -0.2) is 0 Å². The van der Waals surface area contributed by atoms with Crippen LogP contribution in [0.15, 0.2) is 48.5 Å². The molecule has 1 heterocycles. The van der Waals surface area contributed by atoms with E-state index in [-0.39, 0.29) is 12.0 Å². The molecule has 3 nitrogen and oxygen atoms in total. The van der Waals surface area contributed by atoms with Gasteiger partial charge in [-0.05, 0) is 23.6 Å². The van der Waals surface area contributed by atoms with Gasteiger partial charge in [-0.3, -0.25) is 11.3 Å². The fourth-order valence-corrected chi connectivity index (χ4v) is 2.91. The summed E-state index contributed by atoms with van der Waals surface area (Å²) in [6.45, 7) is 2.84. The Balaban J connectivity index is 1.95. The average molecular weight is 268 g/mol. The maximum atomic E-state index is 5.83. The van der Waals surface area contributed by atoms with E-state index in [4.69, 9.17) is 10.6 Å². The molecule has 3 N–H and O–H groups in total. The van der Waals surface area contributed by atoms with Gasteiger partial charge in [0, 0.05) is 11.5 Å². The molecule has 1 aliphatic rings. The second-order valence-corrected chi connectivity index (χ2v) is 5.20. The summed E-state index contributed by atoms with van der Waals surface area (Å²) < 4.78 is 5.78. The Morgan fingerprint density at radius 1 is 1.25 bits per heavy atom. The first-order valence-electron chi connectivity index (χ1n) is 7.10. The number of para-hydroxylation sites is 1. The van der Waals surface area contributed by atoms with Crippen molar-refractivity contribution in [2.75, 3.05) is 6.61 Å². The predicted octanol–water partition coefficient (Wildman–Crippen LogP) is 2.93. The van der Waals surface area contributed by atoms with Crippen molar-refractivity contribution >= 4 is 0 Å². The normalized spacial score (nSPS) is 18.4. The van der Waals surface area contributed by atoms with Gasteiger partial charge in [0.05, 0.1) is 12.6 Å². The third-order valence-electron chi connectivity index (χ3n) is 4.04. The number of nitrogens with one attached hydrogen (secondary N) is 1. The number of hydrogen-bond donors (Lipinski definition) is 2. The summed E-state index contributed by atoms with van der Waals surface area (Å²) in [7, 11) is 0. The Morgan fingerprint density at radius 3 is 2.90 bits per heavy atom. The standard InChI is InChI=1S/C17H20N2O/c1-2-12-6-5-7-13(10-12)17(19-18)15-11-20-16-9-4-3-8-14(15)16/h3-10,15,17,19H,2,11,18H2,1H3. The van der Waals surface area contributed by atoms with E-state index in [1.807, 2.05) is 12.1 Å². The first kappa shape index (κ1) is 13.2. The van der Waals surface area contributed by atoms with Crippen molar-refractivity contribution in [1.29, 1.82) is 0 Å². The topological polar surface area (TPSA) is 47.3 Å². The SMILES string of the molecule is CCc1cccc(C(NN)C2COc3ccccc32)c1. The van der Waals surface area contributed by atoms with Gasteiger partial charge in [-0.15, -0.1) is 0 Å². The van der Waals surface area contributed by atoms with Crippen LogP contribution in [0.1, 0.15) is 35.6 Å². The van der Waals surface area contributed by atoms with E-state index in [2.05, 4.69) is 48.7 Å². The van der Waals surface area contributed by atoms with Crippen LogP contribution in [0, 0.1) is 0 Å². The highest BCUT2D eigenvalue weighted by Crippen LogP contribution is 2.40. The van der Waals surface area contributed by atoms with Crippen LogP contribution in [0.25, 0.3) is 0 Å². The minimum atomic E-state index is 0.0742. The van der Waals surface area contributed by atoms with Crippen LogP contribution < -0.4 is 16.0 Å². The van der Waals surface area contributed by atoms with Gasteiger partial charge in [0.2, 0.25) is 0 Å². The quantitative estimate of drug-likeness (QED) is 0.662. The smallest absolute Gasteiger partial charge is 0.122 e. The Labute approximate surface area is 119 Å². The van der Waals surface area contributed by atoms with Crippen molar-refractivity contribution in [2.24, 2.45) is 5.84 Å². The fraction of sp³-hybridized carbons (Fsp3) is 0.294. The lowest BCUT2D eigenvalue weighted by Gasteiger charge is -2.23. The predicted molar refractivity (Wildman–Crippen MR) is 80.6 cm³/mol. The number of fused-ring (bicyclic) bond motifs is 1. The summed E-state index contributed by atoms with van der Waals surface area (Å²) in [6.07, 6.45) is 1.03. The van der Waals surface area contributed by atoms with Gasteiger partial charge in [-0.2, -0.15) is 0 Å². The first-order chi connectivity index (χ1) is 9.83. The molecule has 0 saturated carbocycles. The zero-order chi connectivity index (χ0) is 13.9. The summed E-state index contributed by atoms with van der Waals surface area (Å²) >= 11 is 0. The maximum absolute atomic E-state index is 5.83. The molecule has 0 aromatic heterocycles. The Morgan fingerprint density at radius 2 is 2.10 bits per heavy atom. The molecule has 0 radical (unpaired) electrons. The van der Waals surface area contributed by atoms with Gasteiger partial charge in [0.1, 0.15) is 5.75 Å². The van der Waals surface area contributed by atoms with Crippen molar-refractivity contribution in [3.8, 4) is 5.75 Å². The van der Waals surface area contributed by atoms with E-state index < -0.39 is 0 Å². The Bertz CT molecular complexity index is 597. The molecule has 3 heteroatoms. The molecular weight excluding hydrogens is 248 g/mol. The fourth-order valence-electron chi connectivity index (χ4n) is 2.91. The molecule has 2 unspecified atom stereocenters. The molecule has 0 bridgehead atoms. The van der Waals surface area contributed by atoms with E-state index in [9.17, 15) is 0 Å². The summed E-state index contributed by atoms with van der Waals surface area (Å²) in [4.78, 5) is 0. The summed E-state index contributed by atoms with van der Waals surface area (Å²) in [5.41, 5.74) is 6.75. The number of hydrazine groups is 1. The van der Waals surface area contributed by atoms with E-state index >= 15 is 0 Å². The van der Waals surface area contributed by atoms with Crippen LogP contribution >= 0.6 is 0 Å². The highest BCUT2D eigenvalue weighted by Gasteiger charge is 2.31. The number of hydrogen-bond acceptors (Lipinski definition) is 3. The van der Waals surface area contributed by atoms with E-state index in [1.165, 1.54) is 16.7 Å². The number of benzene rings is 2. The molecule has 0 amide bonds. The molecule has 1 aliphatic heterocycles. The highest BCUT2D eigenvalue weighted by molar-refractivity contribution is 5.42. The molecule has 104 valence electrons. The molecule has 3 rings (SSSR count). The van der Waals surface area contributed by atoms with Gasteiger partial charge in [0.25, 0.3) is 0 Å². The van der Waals surface area contributed by atoms with E-state index in [0.29, 0.717) is 6.61 Å². The van der Waals surface area contributed by atoms with Gasteiger partial charge >= 0.3 is 0 Å². The molecule has 2 aromatic rings. The lowest BCUT2D eigenvalue weighted by molar-refractivity contribution is 0.300. The maximum Gasteiger partial charge on any atom is 0.122 e. The van der Waals surface area contributed by atoms with Crippen LogP contribution in [0.3, 0.4) is 0 Å². The van der Waals surface area contributed by atoms with Crippen LogP contribution in [0.5, 0.6) is 5.75 Å². The van der Waals surface area contributed by atoms with Gasteiger partial charge in [-0.1, -0.05) is 49.4 Å². The van der Waals surface area contributed by atoms with Crippen LogP contribution in [-0.4, -0.2) is 6.61 Å². The zero-order valence-electron chi connectivity index (χ0n) is 11.7. The van der Waals surface area contributed by atoms with Crippen LogP contribution in [-0.2, 0) is 6.42 Å². The third-order valence-corrected chi connectivity index (χ3v) is 4.04. The molecule has 2 atom stereocenters. The molecule has 0 saturated heterocycles. The molecule has 0 fully saturated rings. The minimum Gasteiger partial charge on any atom is -0.493 e. The van der Waals surface area contributed by atoms with Crippen molar-refractivity contribution in [2.45, 2.75) is 25.3 Å². The summed E-state index contributed by atoms with van der Waals surface area (Å²) in [5, 5.41) is 0. The summed E-state index contributed by atoms with van der Waals surface area (Å²) in [6, 6.07) is 16.9. The van der Waals surface area contributed by atoms with Crippen molar-refractivity contribution < 1.29 is 4.74 Å². The van der Waals surface area contributed by atoms with Gasteiger partial charge in [0.15, 0.2) is 0 Å². The second kappa shape index (κ2) is 5.65. The first-order valence-corrected chi connectivity index (χ1v) is 7.10. The Hall–Kier alpha value is -1.84. The summed E-state index contributed by atoms with van der Waals surface area (Å²) in [5.74, 6) is 7.06. The monoisotopic (exact) mass is 268 g/mol. The largest absolute Gasteiger partial charge is 0.493 e. The molecule has 2 aromatic carbocycles. The number of ether oxygens (including phenoxy) is 1. The van der Waals surface area contributed by atoms with Crippen molar-refractivity contribution in [3.63, 3.8) is 0 Å². The highest BCUT2D eigenvalue weighted by atomic mass is 16.5.